The summed E-state index contributed by atoms with van der Waals surface area (Å²) in [6.45, 7) is 1.57. The maximum Gasteiger partial charge on any atom is 0.254 e. The summed E-state index contributed by atoms with van der Waals surface area (Å²) in [5.41, 5.74) is 2.83. The predicted molar refractivity (Wildman–Crippen MR) is 114 cm³/mol. The SMILES string of the molecule is CN(C)c1ccc(N[C@H]2CCCN(C(=O)c3cccc4[nH]ccc34)CC2)cn1. The van der Waals surface area contributed by atoms with Crippen molar-refractivity contribution in [1.29, 1.82) is 0 Å². The molecule has 0 bridgehead atoms. The van der Waals surface area contributed by atoms with Crippen LogP contribution in [0.2, 0.25) is 0 Å². The fraction of sp³-hybridized carbons (Fsp3) is 0.364. The molecule has 1 fully saturated rings. The number of aromatic amines is 1. The van der Waals surface area contributed by atoms with Crippen LogP contribution < -0.4 is 10.2 Å². The number of fused-ring (bicyclic) bond motifs is 1. The van der Waals surface area contributed by atoms with Crippen LogP contribution in [0, 0.1) is 0 Å². The van der Waals surface area contributed by atoms with Gasteiger partial charge in [0.25, 0.3) is 5.91 Å². The van der Waals surface area contributed by atoms with E-state index in [1.54, 1.807) is 0 Å². The van der Waals surface area contributed by atoms with Gasteiger partial charge >= 0.3 is 0 Å². The minimum atomic E-state index is 0.128. The van der Waals surface area contributed by atoms with Gasteiger partial charge in [-0.2, -0.15) is 0 Å². The largest absolute Gasteiger partial charge is 0.381 e. The molecule has 1 aliphatic rings. The molecule has 6 nitrogen and oxygen atoms in total. The fourth-order valence-electron chi connectivity index (χ4n) is 3.86. The number of aromatic nitrogens is 2. The standard InChI is InChI=1S/C22H27N5O/c1-26(2)21-9-8-17(15-24-21)25-16-5-4-13-27(14-11-16)22(28)19-6-3-7-20-18(19)10-12-23-20/h3,6-10,12,15-16,23,25H,4-5,11,13-14H2,1-2H3/t16-/m0/s1. The van der Waals surface area contributed by atoms with Crippen molar-refractivity contribution in [2.75, 3.05) is 37.4 Å². The van der Waals surface area contributed by atoms with Crippen LogP contribution in [-0.2, 0) is 0 Å². The topological polar surface area (TPSA) is 64.3 Å². The highest BCUT2D eigenvalue weighted by Crippen LogP contribution is 2.22. The van der Waals surface area contributed by atoms with Gasteiger partial charge in [0.1, 0.15) is 5.82 Å². The van der Waals surface area contributed by atoms with Crippen LogP contribution in [0.4, 0.5) is 11.5 Å². The first kappa shape index (κ1) is 18.3. The first-order valence-electron chi connectivity index (χ1n) is 9.87. The van der Waals surface area contributed by atoms with Crippen molar-refractivity contribution in [3.8, 4) is 0 Å². The van der Waals surface area contributed by atoms with Gasteiger partial charge in [0.15, 0.2) is 0 Å². The highest BCUT2D eigenvalue weighted by Gasteiger charge is 2.23. The summed E-state index contributed by atoms with van der Waals surface area (Å²) in [5.74, 6) is 1.07. The zero-order chi connectivity index (χ0) is 19.5. The molecule has 1 saturated heterocycles. The summed E-state index contributed by atoms with van der Waals surface area (Å²) < 4.78 is 0. The van der Waals surface area contributed by atoms with E-state index in [1.165, 1.54) is 0 Å². The van der Waals surface area contributed by atoms with Crippen molar-refractivity contribution in [2.45, 2.75) is 25.3 Å². The molecule has 1 atom stereocenters. The van der Waals surface area contributed by atoms with Crippen LogP contribution in [0.5, 0.6) is 0 Å². The van der Waals surface area contributed by atoms with E-state index in [-0.39, 0.29) is 5.91 Å². The van der Waals surface area contributed by atoms with Crippen LogP contribution in [0.25, 0.3) is 10.9 Å². The van der Waals surface area contributed by atoms with Crippen LogP contribution in [0.1, 0.15) is 29.6 Å². The van der Waals surface area contributed by atoms with Crippen LogP contribution in [0.3, 0.4) is 0 Å². The number of hydrogen-bond donors (Lipinski definition) is 2. The number of likely N-dealkylation sites (tertiary alicyclic amines) is 1. The summed E-state index contributed by atoms with van der Waals surface area (Å²) in [6.07, 6.45) is 6.75. The highest BCUT2D eigenvalue weighted by atomic mass is 16.2. The molecule has 3 heterocycles. The molecular weight excluding hydrogens is 350 g/mol. The lowest BCUT2D eigenvalue weighted by atomic mass is 10.1. The number of pyridine rings is 1. The molecule has 0 spiro atoms. The first-order valence-corrected chi connectivity index (χ1v) is 9.87. The van der Waals surface area contributed by atoms with Gasteiger partial charge in [-0.3, -0.25) is 4.79 Å². The van der Waals surface area contributed by atoms with Gasteiger partial charge in [0.05, 0.1) is 11.9 Å². The summed E-state index contributed by atoms with van der Waals surface area (Å²) in [5, 5.41) is 4.59. The monoisotopic (exact) mass is 377 g/mol. The summed E-state index contributed by atoms with van der Waals surface area (Å²) in [7, 11) is 3.97. The molecule has 2 N–H and O–H groups in total. The Morgan fingerprint density at radius 1 is 1.18 bits per heavy atom. The van der Waals surface area contributed by atoms with Gasteiger partial charge in [-0.15, -0.1) is 0 Å². The van der Waals surface area contributed by atoms with Gasteiger partial charge in [-0.1, -0.05) is 6.07 Å². The Hall–Kier alpha value is -3.02. The summed E-state index contributed by atoms with van der Waals surface area (Å²) >= 11 is 0. The lowest BCUT2D eigenvalue weighted by Crippen LogP contribution is -2.32. The third-order valence-corrected chi connectivity index (χ3v) is 5.42. The Bertz CT molecular complexity index is 947. The quantitative estimate of drug-likeness (QED) is 0.727. The number of hydrogen-bond acceptors (Lipinski definition) is 4. The molecule has 0 unspecified atom stereocenters. The van der Waals surface area contributed by atoms with Gasteiger partial charge in [-0.05, 0) is 49.6 Å². The predicted octanol–water partition coefficient (Wildman–Crippen LogP) is 3.74. The number of rotatable bonds is 4. The van der Waals surface area contributed by atoms with Crippen LogP contribution >= 0.6 is 0 Å². The molecule has 2 aromatic heterocycles. The second-order valence-corrected chi connectivity index (χ2v) is 7.61. The number of carbonyl (C=O) groups excluding carboxylic acids is 1. The lowest BCUT2D eigenvalue weighted by molar-refractivity contribution is 0.0763. The minimum absolute atomic E-state index is 0.128. The third kappa shape index (κ3) is 3.81. The first-order chi connectivity index (χ1) is 13.6. The van der Waals surface area contributed by atoms with E-state index >= 15 is 0 Å². The van der Waals surface area contributed by atoms with Crippen LogP contribution in [0.15, 0.2) is 48.8 Å². The van der Waals surface area contributed by atoms with E-state index < -0.39 is 0 Å². The number of amides is 1. The number of H-pyrrole nitrogens is 1. The average molecular weight is 377 g/mol. The van der Waals surface area contributed by atoms with E-state index in [1.807, 2.05) is 66.6 Å². The molecule has 28 heavy (non-hydrogen) atoms. The van der Waals surface area contributed by atoms with Crippen molar-refractivity contribution < 1.29 is 4.79 Å². The molecule has 1 amide bonds. The molecule has 3 aromatic rings. The minimum Gasteiger partial charge on any atom is -0.381 e. The fourth-order valence-corrected chi connectivity index (χ4v) is 3.86. The van der Waals surface area contributed by atoms with E-state index in [0.717, 1.165) is 60.3 Å². The maximum atomic E-state index is 13.1. The second-order valence-electron chi connectivity index (χ2n) is 7.61. The van der Waals surface area contributed by atoms with Crippen molar-refractivity contribution in [3.63, 3.8) is 0 Å². The van der Waals surface area contributed by atoms with Gasteiger partial charge < -0.3 is 20.1 Å². The van der Waals surface area contributed by atoms with E-state index in [0.29, 0.717) is 6.04 Å². The molecule has 1 aliphatic heterocycles. The Morgan fingerprint density at radius 3 is 2.86 bits per heavy atom. The third-order valence-electron chi connectivity index (χ3n) is 5.42. The molecule has 4 rings (SSSR count). The van der Waals surface area contributed by atoms with Gasteiger partial charge in [-0.25, -0.2) is 4.98 Å². The Labute approximate surface area is 165 Å². The second kappa shape index (κ2) is 7.92. The average Bonchev–Trinajstić information content (AvgIpc) is 3.07. The van der Waals surface area contributed by atoms with Gasteiger partial charge in [0.2, 0.25) is 0 Å². The molecule has 1 aromatic carbocycles. The molecule has 146 valence electrons. The Balaban J connectivity index is 1.41. The number of carbonyl (C=O) groups is 1. The smallest absolute Gasteiger partial charge is 0.254 e. The number of benzene rings is 1. The zero-order valence-corrected chi connectivity index (χ0v) is 16.5. The van der Waals surface area contributed by atoms with E-state index in [9.17, 15) is 4.79 Å². The van der Waals surface area contributed by atoms with Crippen molar-refractivity contribution in [2.24, 2.45) is 0 Å². The molecule has 0 radical (unpaired) electrons. The normalized spacial score (nSPS) is 17.4. The van der Waals surface area contributed by atoms with Crippen LogP contribution in [-0.4, -0.2) is 54.0 Å². The Kier molecular flexibility index (Phi) is 5.19. The summed E-state index contributed by atoms with van der Waals surface area (Å²) in [6, 6.07) is 12.3. The maximum absolute atomic E-state index is 13.1. The Morgan fingerprint density at radius 2 is 2.07 bits per heavy atom. The lowest BCUT2D eigenvalue weighted by Gasteiger charge is -2.22. The molecule has 6 heteroatoms. The van der Waals surface area contributed by atoms with E-state index in [2.05, 4.69) is 21.4 Å². The van der Waals surface area contributed by atoms with Gasteiger partial charge in [0, 0.05) is 55.9 Å². The zero-order valence-electron chi connectivity index (χ0n) is 16.5. The van der Waals surface area contributed by atoms with Crippen molar-refractivity contribution in [1.82, 2.24) is 14.9 Å². The molecule has 0 saturated carbocycles. The number of anilines is 2. The number of nitrogens with one attached hydrogen (secondary N) is 2. The van der Waals surface area contributed by atoms with Crippen molar-refractivity contribution >= 4 is 28.3 Å². The van der Waals surface area contributed by atoms with E-state index in [4.69, 9.17) is 0 Å². The van der Waals surface area contributed by atoms with Crippen molar-refractivity contribution in [3.05, 3.63) is 54.4 Å². The summed E-state index contributed by atoms with van der Waals surface area (Å²) in [4.78, 5) is 24.7. The molecular formula is C22H27N5O. The number of nitrogens with zero attached hydrogens (tertiary/aromatic N) is 3. The molecule has 0 aliphatic carbocycles. The highest BCUT2D eigenvalue weighted by molar-refractivity contribution is 6.06.